The average Bonchev–Trinajstić information content (AvgIpc) is 3.59. The number of fused-ring (bicyclic) bond motifs is 4. The standard InChI is InChI=1S/C52H36N2/c1-3-13-37(14-4-1)39-25-31-42(32-26-39)53(43-33-27-40(28-34-43)38-15-5-2-6-16-38)50-24-12-20-46-45(19-11-21-47(46)50)41-29-35-44(36-30-41)54-51-22-9-7-17-48(51)49-18-8-10-23-52(49)54/h1-36H. The number of nitrogens with zero attached hydrogens (tertiary/aromatic N) is 2. The Hall–Kier alpha value is -7.16. The molecule has 10 aromatic rings. The van der Waals surface area contributed by atoms with Crippen molar-refractivity contribution in [2.24, 2.45) is 0 Å². The maximum absolute atomic E-state index is 2.39. The maximum Gasteiger partial charge on any atom is 0.0541 e. The molecule has 0 aliphatic rings. The Labute approximate surface area is 315 Å². The fourth-order valence-electron chi connectivity index (χ4n) is 8.03. The highest BCUT2D eigenvalue weighted by molar-refractivity contribution is 6.09. The first-order chi connectivity index (χ1) is 26.8. The molecule has 54 heavy (non-hydrogen) atoms. The molecule has 0 spiro atoms. The molecule has 0 bridgehead atoms. The fraction of sp³-hybridized carbons (Fsp3) is 0. The third-order valence-electron chi connectivity index (χ3n) is 10.6. The summed E-state index contributed by atoms with van der Waals surface area (Å²) in [4.78, 5) is 2.39. The molecule has 0 N–H and O–H groups in total. The summed E-state index contributed by atoms with van der Waals surface area (Å²) < 4.78 is 2.37. The molecule has 0 saturated carbocycles. The summed E-state index contributed by atoms with van der Waals surface area (Å²) in [7, 11) is 0. The number of para-hydroxylation sites is 2. The van der Waals surface area contributed by atoms with Gasteiger partial charge in [0, 0.05) is 33.2 Å². The Kier molecular flexibility index (Phi) is 7.85. The van der Waals surface area contributed by atoms with E-state index in [9.17, 15) is 0 Å². The third-order valence-corrected chi connectivity index (χ3v) is 10.6. The summed E-state index contributed by atoms with van der Waals surface area (Å²) in [5.74, 6) is 0. The van der Waals surface area contributed by atoms with Crippen LogP contribution in [-0.2, 0) is 0 Å². The van der Waals surface area contributed by atoms with Gasteiger partial charge in [0.05, 0.1) is 16.7 Å². The van der Waals surface area contributed by atoms with Crippen LogP contribution < -0.4 is 4.90 Å². The van der Waals surface area contributed by atoms with E-state index in [0.717, 1.165) is 22.7 Å². The Morgan fingerprint density at radius 3 is 1.26 bits per heavy atom. The molecule has 0 aliphatic carbocycles. The van der Waals surface area contributed by atoms with E-state index >= 15 is 0 Å². The zero-order valence-corrected chi connectivity index (χ0v) is 29.7. The molecule has 2 heteroatoms. The first-order valence-corrected chi connectivity index (χ1v) is 18.5. The SMILES string of the molecule is c1ccc(-c2ccc(N(c3ccc(-c4ccccc4)cc3)c3cccc4c(-c5ccc(-n6c7ccccc7c7ccccc76)cc5)cccc34)cc2)cc1. The molecule has 0 amide bonds. The summed E-state index contributed by atoms with van der Waals surface area (Å²) in [6, 6.07) is 78.8. The molecule has 2 nitrogen and oxygen atoms in total. The van der Waals surface area contributed by atoms with Crippen molar-refractivity contribution in [3.63, 3.8) is 0 Å². The zero-order valence-electron chi connectivity index (χ0n) is 29.7. The summed E-state index contributed by atoms with van der Waals surface area (Å²) in [6.07, 6.45) is 0. The van der Waals surface area contributed by atoms with Crippen LogP contribution in [0, 0.1) is 0 Å². The molecule has 0 atom stereocenters. The van der Waals surface area contributed by atoms with Gasteiger partial charge in [-0.25, -0.2) is 0 Å². The van der Waals surface area contributed by atoms with Crippen molar-refractivity contribution in [3.05, 3.63) is 218 Å². The largest absolute Gasteiger partial charge is 0.310 e. The van der Waals surface area contributed by atoms with Crippen molar-refractivity contribution in [2.75, 3.05) is 4.90 Å². The number of anilines is 3. The fourth-order valence-corrected chi connectivity index (χ4v) is 8.03. The quantitative estimate of drug-likeness (QED) is 0.162. The van der Waals surface area contributed by atoms with Crippen LogP contribution >= 0.6 is 0 Å². The van der Waals surface area contributed by atoms with Gasteiger partial charge in [-0.1, -0.05) is 164 Å². The minimum atomic E-state index is 1.11. The normalized spacial score (nSPS) is 11.3. The van der Waals surface area contributed by atoms with E-state index in [4.69, 9.17) is 0 Å². The van der Waals surface area contributed by atoms with Crippen LogP contribution in [0.3, 0.4) is 0 Å². The van der Waals surface area contributed by atoms with E-state index in [2.05, 4.69) is 228 Å². The van der Waals surface area contributed by atoms with Crippen LogP contribution in [0.25, 0.3) is 71.6 Å². The number of rotatable bonds is 7. The maximum atomic E-state index is 2.39. The minimum Gasteiger partial charge on any atom is -0.310 e. The second-order valence-corrected chi connectivity index (χ2v) is 13.8. The van der Waals surface area contributed by atoms with Crippen molar-refractivity contribution >= 4 is 49.6 Å². The topological polar surface area (TPSA) is 8.17 Å². The Morgan fingerprint density at radius 2 is 0.704 bits per heavy atom. The van der Waals surface area contributed by atoms with Crippen molar-refractivity contribution in [1.82, 2.24) is 4.57 Å². The van der Waals surface area contributed by atoms with Gasteiger partial charge in [-0.3, -0.25) is 0 Å². The third kappa shape index (κ3) is 5.53. The monoisotopic (exact) mass is 688 g/mol. The summed E-state index contributed by atoms with van der Waals surface area (Å²) >= 11 is 0. The lowest BCUT2D eigenvalue weighted by Crippen LogP contribution is -2.10. The number of hydrogen-bond acceptors (Lipinski definition) is 1. The van der Waals surface area contributed by atoms with Gasteiger partial charge in [0.2, 0.25) is 0 Å². The number of hydrogen-bond donors (Lipinski definition) is 0. The van der Waals surface area contributed by atoms with Gasteiger partial charge in [-0.15, -0.1) is 0 Å². The van der Waals surface area contributed by atoms with Gasteiger partial charge in [-0.05, 0) is 93.4 Å². The van der Waals surface area contributed by atoms with Crippen molar-refractivity contribution < 1.29 is 0 Å². The highest BCUT2D eigenvalue weighted by Crippen LogP contribution is 2.42. The first kappa shape index (κ1) is 31.6. The van der Waals surface area contributed by atoms with Gasteiger partial charge in [0.1, 0.15) is 0 Å². The zero-order chi connectivity index (χ0) is 35.8. The second-order valence-electron chi connectivity index (χ2n) is 13.8. The molecule has 0 radical (unpaired) electrons. The van der Waals surface area contributed by atoms with Crippen LogP contribution in [0.4, 0.5) is 17.1 Å². The Balaban J connectivity index is 1.08. The van der Waals surface area contributed by atoms with E-state index in [1.165, 1.54) is 66.0 Å². The molecule has 0 aliphatic heterocycles. The molecule has 10 rings (SSSR count). The average molecular weight is 689 g/mol. The van der Waals surface area contributed by atoms with Crippen molar-refractivity contribution in [1.29, 1.82) is 0 Å². The summed E-state index contributed by atoms with van der Waals surface area (Å²) in [5, 5.41) is 4.95. The van der Waals surface area contributed by atoms with Crippen LogP contribution in [0.1, 0.15) is 0 Å². The molecule has 0 saturated heterocycles. The van der Waals surface area contributed by atoms with Gasteiger partial charge >= 0.3 is 0 Å². The van der Waals surface area contributed by atoms with Gasteiger partial charge in [0.15, 0.2) is 0 Å². The van der Waals surface area contributed by atoms with Crippen LogP contribution in [0.5, 0.6) is 0 Å². The molecule has 9 aromatic carbocycles. The van der Waals surface area contributed by atoms with E-state index in [1.807, 2.05) is 0 Å². The van der Waals surface area contributed by atoms with Crippen LogP contribution in [0.2, 0.25) is 0 Å². The molecule has 1 heterocycles. The molecular weight excluding hydrogens is 653 g/mol. The van der Waals surface area contributed by atoms with Gasteiger partial charge in [0.25, 0.3) is 0 Å². The Bertz CT molecular complexity index is 2750. The highest BCUT2D eigenvalue weighted by Gasteiger charge is 2.18. The lowest BCUT2D eigenvalue weighted by Gasteiger charge is -2.27. The predicted octanol–water partition coefficient (Wildman–Crippen LogP) is 14.4. The Morgan fingerprint density at radius 1 is 0.278 bits per heavy atom. The van der Waals surface area contributed by atoms with Crippen molar-refractivity contribution in [3.8, 4) is 39.1 Å². The second kappa shape index (κ2) is 13.4. The molecular formula is C52H36N2. The molecule has 0 unspecified atom stereocenters. The van der Waals surface area contributed by atoms with E-state index in [0.29, 0.717) is 0 Å². The molecule has 1 aromatic heterocycles. The van der Waals surface area contributed by atoms with Crippen LogP contribution in [-0.4, -0.2) is 4.57 Å². The summed E-state index contributed by atoms with van der Waals surface area (Å²) in [5.41, 5.74) is 14.2. The van der Waals surface area contributed by atoms with E-state index < -0.39 is 0 Å². The predicted molar refractivity (Wildman–Crippen MR) is 229 cm³/mol. The minimum absolute atomic E-state index is 1.11. The number of aromatic nitrogens is 1. The van der Waals surface area contributed by atoms with Crippen molar-refractivity contribution in [2.45, 2.75) is 0 Å². The molecule has 254 valence electrons. The van der Waals surface area contributed by atoms with Gasteiger partial charge < -0.3 is 9.47 Å². The first-order valence-electron chi connectivity index (χ1n) is 18.5. The van der Waals surface area contributed by atoms with Gasteiger partial charge in [-0.2, -0.15) is 0 Å². The van der Waals surface area contributed by atoms with Crippen LogP contribution in [0.15, 0.2) is 218 Å². The smallest absolute Gasteiger partial charge is 0.0541 e. The highest BCUT2D eigenvalue weighted by atomic mass is 15.1. The lowest BCUT2D eigenvalue weighted by atomic mass is 9.96. The molecule has 0 fully saturated rings. The number of benzene rings is 9. The van der Waals surface area contributed by atoms with E-state index in [-0.39, 0.29) is 0 Å². The summed E-state index contributed by atoms with van der Waals surface area (Å²) in [6.45, 7) is 0. The van der Waals surface area contributed by atoms with E-state index in [1.54, 1.807) is 0 Å². The lowest BCUT2D eigenvalue weighted by molar-refractivity contribution is 1.18.